The van der Waals surface area contributed by atoms with E-state index in [1.54, 1.807) is 0 Å². The lowest BCUT2D eigenvalue weighted by Gasteiger charge is -2.27. The monoisotopic (exact) mass is 447 g/mol. The number of nitrogens with zero attached hydrogens (tertiary/aromatic N) is 2. The first-order chi connectivity index (χ1) is 10.8. The van der Waals surface area contributed by atoms with Gasteiger partial charge >= 0.3 is 0 Å². The summed E-state index contributed by atoms with van der Waals surface area (Å²) in [5.41, 5.74) is 7.26. The molecule has 1 aromatic rings. The third kappa shape index (κ3) is 5.45. The van der Waals surface area contributed by atoms with Crippen LogP contribution >= 0.6 is 35.7 Å². The Labute approximate surface area is 160 Å². The Hall–Kier alpha value is -0.630. The molecule has 1 heterocycles. The number of thioether (sulfide) groups is 1. The molecule has 1 aromatic carbocycles. The lowest BCUT2D eigenvalue weighted by atomic mass is 10.2. The van der Waals surface area contributed by atoms with E-state index in [1.807, 2.05) is 23.9 Å². The molecule has 2 fully saturated rings. The van der Waals surface area contributed by atoms with Crippen LogP contribution in [0.25, 0.3) is 0 Å². The predicted molar refractivity (Wildman–Crippen MR) is 109 cm³/mol. The lowest BCUT2D eigenvalue weighted by molar-refractivity contribution is 0.208. The van der Waals surface area contributed by atoms with E-state index in [-0.39, 0.29) is 24.0 Å². The molecule has 4 nitrogen and oxygen atoms in total. The molecule has 0 radical (unpaired) electrons. The summed E-state index contributed by atoms with van der Waals surface area (Å²) in [6.45, 7) is 2.60. The maximum absolute atomic E-state index is 6.16. The van der Waals surface area contributed by atoms with Gasteiger partial charge in [-0.3, -0.25) is 0 Å². The molecule has 1 saturated carbocycles. The zero-order valence-corrected chi connectivity index (χ0v) is 16.6. The molecule has 23 heavy (non-hydrogen) atoms. The van der Waals surface area contributed by atoms with E-state index >= 15 is 0 Å². The maximum Gasteiger partial charge on any atom is 0.191 e. The van der Waals surface area contributed by atoms with Crippen LogP contribution in [0.1, 0.15) is 31.2 Å². The normalized spacial score (nSPS) is 19.5. The third-order valence-corrected chi connectivity index (χ3v) is 5.26. The molecule has 0 bridgehead atoms. The van der Waals surface area contributed by atoms with Crippen molar-refractivity contribution in [2.24, 2.45) is 10.7 Å². The average molecular weight is 447 g/mol. The number of hydrogen-bond acceptors (Lipinski definition) is 3. The summed E-state index contributed by atoms with van der Waals surface area (Å²) in [4.78, 5) is 6.76. The highest BCUT2D eigenvalue weighted by Crippen LogP contribution is 2.27. The second-order valence-electron chi connectivity index (χ2n) is 5.91. The van der Waals surface area contributed by atoms with Crippen molar-refractivity contribution in [2.75, 3.05) is 24.6 Å². The molecule has 1 aliphatic heterocycles. The minimum atomic E-state index is 0. The Morgan fingerprint density at radius 3 is 2.65 bits per heavy atom. The molecular formula is C17H26IN3OS. The summed E-state index contributed by atoms with van der Waals surface area (Å²) in [6.07, 6.45) is 5.29. The molecule has 0 amide bonds. The van der Waals surface area contributed by atoms with Gasteiger partial charge in [-0.2, -0.15) is 11.8 Å². The fraction of sp³-hybridized carbons (Fsp3) is 0.588. The number of rotatable bonds is 4. The van der Waals surface area contributed by atoms with Crippen molar-refractivity contribution in [1.29, 1.82) is 0 Å². The molecule has 2 aliphatic rings. The maximum atomic E-state index is 6.16. The minimum absolute atomic E-state index is 0. The van der Waals surface area contributed by atoms with Crippen LogP contribution in [0.5, 0.6) is 5.75 Å². The average Bonchev–Trinajstić information content (AvgIpc) is 3.07. The molecule has 1 saturated heterocycles. The number of para-hydroxylation sites is 1. The first-order valence-electron chi connectivity index (χ1n) is 8.20. The van der Waals surface area contributed by atoms with Gasteiger partial charge in [0.05, 0.1) is 12.6 Å². The Kier molecular flexibility index (Phi) is 7.82. The number of hydrogen-bond donors (Lipinski definition) is 1. The van der Waals surface area contributed by atoms with E-state index < -0.39 is 0 Å². The van der Waals surface area contributed by atoms with Crippen molar-refractivity contribution in [2.45, 2.75) is 38.3 Å². The Morgan fingerprint density at radius 2 is 1.91 bits per heavy atom. The topological polar surface area (TPSA) is 50.9 Å². The first-order valence-corrected chi connectivity index (χ1v) is 9.35. The van der Waals surface area contributed by atoms with Crippen LogP contribution in [0, 0.1) is 0 Å². The van der Waals surface area contributed by atoms with E-state index in [1.165, 1.54) is 25.7 Å². The van der Waals surface area contributed by atoms with Crippen LogP contribution in [0.2, 0.25) is 0 Å². The molecule has 0 atom stereocenters. The molecule has 128 valence electrons. The fourth-order valence-electron chi connectivity index (χ4n) is 2.99. The number of halogens is 1. The van der Waals surface area contributed by atoms with E-state index in [0.717, 1.165) is 35.9 Å². The molecule has 0 aromatic heterocycles. The highest BCUT2D eigenvalue weighted by atomic mass is 127. The number of ether oxygens (including phenoxy) is 1. The van der Waals surface area contributed by atoms with Gasteiger partial charge in [0.1, 0.15) is 5.75 Å². The molecular weight excluding hydrogens is 421 g/mol. The van der Waals surface area contributed by atoms with E-state index in [9.17, 15) is 0 Å². The summed E-state index contributed by atoms with van der Waals surface area (Å²) >= 11 is 1.98. The lowest BCUT2D eigenvalue weighted by Crippen LogP contribution is -2.42. The molecule has 1 aliphatic carbocycles. The van der Waals surface area contributed by atoms with Crippen LogP contribution in [0.3, 0.4) is 0 Å². The Morgan fingerprint density at radius 1 is 1.22 bits per heavy atom. The SMILES string of the molecule is I.NC(=NCc1ccccc1OC1CCCC1)N1CCSCC1. The second-order valence-corrected chi connectivity index (χ2v) is 7.13. The molecule has 6 heteroatoms. The largest absolute Gasteiger partial charge is 0.490 e. The highest BCUT2D eigenvalue weighted by molar-refractivity contribution is 14.0. The van der Waals surface area contributed by atoms with E-state index in [4.69, 9.17) is 10.5 Å². The van der Waals surface area contributed by atoms with Gasteiger partial charge < -0.3 is 15.4 Å². The van der Waals surface area contributed by atoms with Gasteiger partial charge in [-0.15, -0.1) is 24.0 Å². The molecule has 0 spiro atoms. The minimum Gasteiger partial charge on any atom is -0.490 e. The summed E-state index contributed by atoms with van der Waals surface area (Å²) in [5.74, 6) is 3.91. The van der Waals surface area contributed by atoms with Crippen molar-refractivity contribution in [1.82, 2.24) is 4.90 Å². The van der Waals surface area contributed by atoms with Crippen LogP contribution in [-0.4, -0.2) is 41.6 Å². The summed E-state index contributed by atoms with van der Waals surface area (Å²) in [6, 6.07) is 8.22. The zero-order valence-electron chi connectivity index (χ0n) is 13.4. The smallest absolute Gasteiger partial charge is 0.191 e. The van der Waals surface area contributed by atoms with Crippen molar-refractivity contribution < 1.29 is 4.74 Å². The quantitative estimate of drug-likeness (QED) is 0.436. The van der Waals surface area contributed by atoms with Crippen LogP contribution < -0.4 is 10.5 Å². The van der Waals surface area contributed by atoms with Crippen molar-refractivity contribution in [3.8, 4) is 5.75 Å². The molecule has 3 rings (SSSR count). The Bertz CT molecular complexity index is 514. The second kappa shape index (κ2) is 9.61. The molecule has 0 unspecified atom stereocenters. The van der Waals surface area contributed by atoms with E-state index in [2.05, 4.69) is 22.0 Å². The van der Waals surface area contributed by atoms with Gasteiger partial charge in [-0.05, 0) is 31.7 Å². The van der Waals surface area contributed by atoms with Gasteiger partial charge in [0.15, 0.2) is 5.96 Å². The fourth-order valence-corrected chi connectivity index (χ4v) is 3.90. The van der Waals surface area contributed by atoms with Crippen molar-refractivity contribution in [3.05, 3.63) is 29.8 Å². The van der Waals surface area contributed by atoms with Crippen LogP contribution in [0.15, 0.2) is 29.3 Å². The van der Waals surface area contributed by atoms with Gasteiger partial charge in [0.2, 0.25) is 0 Å². The number of nitrogens with two attached hydrogens (primary N) is 1. The number of guanidine groups is 1. The van der Waals surface area contributed by atoms with Crippen molar-refractivity contribution >= 4 is 41.7 Å². The number of aliphatic imine (C=N–C) groups is 1. The predicted octanol–water partition coefficient (Wildman–Crippen LogP) is 3.49. The molecule has 2 N–H and O–H groups in total. The van der Waals surface area contributed by atoms with E-state index in [0.29, 0.717) is 18.6 Å². The number of benzene rings is 1. The Balaban J connectivity index is 0.00000192. The van der Waals surface area contributed by atoms with Gasteiger partial charge in [0.25, 0.3) is 0 Å². The highest BCUT2D eigenvalue weighted by Gasteiger charge is 2.18. The van der Waals surface area contributed by atoms with Gasteiger partial charge in [0, 0.05) is 30.2 Å². The first kappa shape index (κ1) is 18.7. The van der Waals surface area contributed by atoms with Gasteiger partial charge in [-0.1, -0.05) is 18.2 Å². The van der Waals surface area contributed by atoms with Crippen molar-refractivity contribution in [3.63, 3.8) is 0 Å². The summed E-state index contributed by atoms with van der Waals surface area (Å²) in [5, 5.41) is 0. The van der Waals surface area contributed by atoms with Crippen LogP contribution in [0.4, 0.5) is 0 Å². The third-order valence-electron chi connectivity index (χ3n) is 4.31. The zero-order chi connectivity index (χ0) is 15.2. The van der Waals surface area contributed by atoms with Crippen LogP contribution in [-0.2, 0) is 6.54 Å². The van der Waals surface area contributed by atoms with Gasteiger partial charge in [-0.25, -0.2) is 4.99 Å². The summed E-state index contributed by atoms with van der Waals surface area (Å²) in [7, 11) is 0. The standard InChI is InChI=1S/C17H25N3OS.HI/c18-17(20-9-11-22-12-10-20)19-13-14-5-1-4-8-16(14)21-15-6-2-3-7-15;/h1,4-5,8,15H,2-3,6-7,9-13H2,(H2,18,19);1H. The summed E-state index contributed by atoms with van der Waals surface area (Å²) < 4.78 is 6.16.